The third-order valence-corrected chi connectivity index (χ3v) is 6.27. The third-order valence-electron chi connectivity index (χ3n) is 6.27. The topological polar surface area (TPSA) is 53.7 Å². The molecule has 3 aromatic rings. The van der Waals surface area contributed by atoms with Crippen LogP contribution in [0.25, 0.3) is 22.3 Å². The molecular weight excluding hydrogens is 400 g/mol. The maximum Gasteiger partial charge on any atom is 0.235 e. The number of quaternary nitrogens is 1. The van der Waals surface area contributed by atoms with Crippen molar-refractivity contribution in [3.63, 3.8) is 0 Å². The van der Waals surface area contributed by atoms with E-state index in [1.54, 1.807) is 0 Å². The highest BCUT2D eigenvalue weighted by Crippen LogP contribution is 2.33. The van der Waals surface area contributed by atoms with Crippen molar-refractivity contribution in [1.29, 1.82) is 0 Å². The Morgan fingerprint density at radius 3 is 2.25 bits per heavy atom. The van der Waals surface area contributed by atoms with Gasteiger partial charge in [-0.25, -0.2) is 0 Å². The predicted molar refractivity (Wildman–Crippen MR) is 136 cm³/mol. The minimum absolute atomic E-state index is 0.210. The zero-order valence-corrected chi connectivity index (χ0v) is 20.1. The van der Waals surface area contributed by atoms with Crippen molar-refractivity contribution in [2.75, 3.05) is 39.6 Å². The Bertz CT molecular complexity index is 1100. The average molecular weight is 438 g/mol. The molecule has 0 fully saturated rings. The summed E-state index contributed by atoms with van der Waals surface area (Å²) in [5.41, 5.74) is 2.85. The molecule has 172 valence electrons. The highest BCUT2D eigenvalue weighted by Gasteiger charge is 2.22. The van der Waals surface area contributed by atoms with E-state index in [2.05, 4.69) is 21.0 Å². The van der Waals surface area contributed by atoms with Gasteiger partial charge < -0.3 is 14.4 Å². The minimum atomic E-state index is -0.389. The first-order valence-corrected chi connectivity index (χ1v) is 11.7. The fraction of sp³-hybridized carbons (Fsp3) is 0.444. The van der Waals surface area contributed by atoms with Crippen molar-refractivity contribution >= 4 is 22.3 Å². The van der Waals surface area contributed by atoms with E-state index < -0.39 is 0 Å². The molecule has 3 rings (SSSR count). The van der Waals surface area contributed by atoms with E-state index in [4.69, 9.17) is 4.42 Å². The lowest BCUT2D eigenvalue weighted by Crippen LogP contribution is -2.41. The predicted octanol–water partition coefficient (Wildman–Crippen LogP) is 6.16. The number of anilines is 1. The molecule has 0 atom stereocenters. The molecule has 5 nitrogen and oxygen atoms in total. The summed E-state index contributed by atoms with van der Waals surface area (Å²) in [6.07, 6.45) is 7.54. The lowest BCUT2D eigenvalue weighted by molar-refractivity contribution is 0.381. The Hall–Kier alpha value is -2.79. The number of nitrogens with zero attached hydrogens (tertiary/aromatic N) is 2. The number of fused-ring (bicyclic) bond motifs is 1. The van der Waals surface area contributed by atoms with Crippen molar-refractivity contribution in [2.24, 2.45) is 0 Å². The first kappa shape index (κ1) is 23.9. The second kappa shape index (κ2) is 10.2. The Kier molecular flexibility index (Phi) is 7.62. The zero-order valence-electron chi connectivity index (χ0n) is 20.1. The second-order valence-corrected chi connectivity index (χ2v) is 9.41. The molecule has 5 heteroatoms. The van der Waals surface area contributed by atoms with E-state index >= 15 is 0 Å². The molecule has 1 heterocycles. The molecule has 0 aliphatic heterocycles. The van der Waals surface area contributed by atoms with Gasteiger partial charge in [0.2, 0.25) is 11.2 Å². The summed E-state index contributed by atoms with van der Waals surface area (Å²) < 4.78 is 6.69. The zero-order chi connectivity index (χ0) is 23.3. The second-order valence-electron chi connectivity index (χ2n) is 9.41. The SMILES string of the molecule is CCCCCCCC[N+](C)(C)c1ccc2oc(-c3ccc(N(C)C)cc3)c(O)c(=O)c2c1. The summed E-state index contributed by atoms with van der Waals surface area (Å²) in [5, 5.41) is 11.1. The van der Waals surface area contributed by atoms with Gasteiger partial charge in [-0.05, 0) is 43.2 Å². The molecule has 0 aliphatic rings. The van der Waals surface area contributed by atoms with Crippen LogP contribution in [0.2, 0.25) is 0 Å². The average Bonchev–Trinajstić information content (AvgIpc) is 2.78. The first-order valence-electron chi connectivity index (χ1n) is 11.7. The normalized spacial score (nSPS) is 11.8. The van der Waals surface area contributed by atoms with Crippen LogP contribution in [0.5, 0.6) is 5.75 Å². The maximum absolute atomic E-state index is 13.0. The van der Waals surface area contributed by atoms with Crippen molar-refractivity contribution < 1.29 is 9.52 Å². The van der Waals surface area contributed by atoms with E-state index in [0.717, 1.165) is 24.3 Å². The number of benzene rings is 2. The van der Waals surface area contributed by atoms with Gasteiger partial charge in [0.1, 0.15) is 11.3 Å². The highest BCUT2D eigenvalue weighted by molar-refractivity contribution is 5.84. The van der Waals surface area contributed by atoms with Crippen LogP contribution >= 0.6 is 0 Å². The third kappa shape index (κ3) is 5.33. The lowest BCUT2D eigenvalue weighted by Gasteiger charge is -2.29. The summed E-state index contributed by atoms with van der Waals surface area (Å²) in [4.78, 5) is 15.0. The molecule has 1 aromatic heterocycles. The van der Waals surface area contributed by atoms with Crippen molar-refractivity contribution in [1.82, 2.24) is 4.48 Å². The van der Waals surface area contributed by atoms with Crippen LogP contribution in [0.3, 0.4) is 0 Å². The molecule has 0 spiro atoms. The Morgan fingerprint density at radius 1 is 0.938 bits per heavy atom. The maximum atomic E-state index is 13.0. The summed E-state index contributed by atoms with van der Waals surface area (Å²) in [6, 6.07) is 13.3. The highest BCUT2D eigenvalue weighted by atomic mass is 16.4. The van der Waals surface area contributed by atoms with Crippen LogP contribution in [0.4, 0.5) is 11.4 Å². The minimum Gasteiger partial charge on any atom is -0.502 e. The largest absolute Gasteiger partial charge is 0.502 e. The molecule has 0 bridgehead atoms. The number of hydrogen-bond donors (Lipinski definition) is 1. The molecule has 0 aliphatic carbocycles. The van der Waals surface area contributed by atoms with Crippen molar-refractivity contribution in [2.45, 2.75) is 45.4 Å². The number of hydrogen-bond acceptors (Lipinski definition) is 4. The standard InChI is InChI=1S/C27H36N2O3/c1-6-7-8-9-10-11-18-29(4,5)22-16-17-24-23(19-22)25(30)26(31)27(32-24)20-12-14-21(15-13-20)28(2)3/h12-17,19H,6-11,18H2,1-5H3/p+1. The molecule has 0 saturated carbocycles. The molecule has 0 amide bonds. The van der Waals surface area contributed by atoms with Gasteiger partial charge in [-0.15, -0.1) is 0 Å². The fourth-order valence-electron chi connectivity index (χ4n) is 4.07. The Morgan fingerprint density at radius 2 is 1.59 bits per heavy atom. The lowest BCUT2D eigenvalue weighted by atomic mass is 10.1. The van der Waals surface area contributed by atoms with Crippen LogP contribution in [-0.4, -0.2) is 39.8 Å². The van der Waals surface area contributed by atoms with Crippen LogP contribution in [0.15, 0.2) is 51.7 Å². The van der Waals surface area contributed by atoms with Gasteiger partial charge in [0.05, 0.1) is 26.0 Å². The summed E-state index contributed by atoms with van der Waals surface area (Å²) in [7, 11) is 8.25. The number of unbranched alkanes of at least 4 members (excludes halogenated alkanes) is 5. The van der Waals surface area contributed by atoms with Crippen LogP contribution in [-0.2, 0) is 0 Å². The molecule has 2 aromatic carbocycles. The fourth-order valence-corrected chi connectivity index (χ4v) is 4.07. The quantitative estimate of drug-likeness (QED) is 0.305. The van der Waals surface area contributed by atoms with E-state index in [0.29, 0.717) is 21.0 Å². The molecule has 0 saturated heterocycles. The molecule has 0 radical (unpaired) electrons. The van der Waals surface area contributed by atoms with E-state index in [1.807, 2.05) is 61.5 Å². The van der Waals surface area contributed by atoms with Gasteiger partial charge >= 0.3 is 0 Å². The summed E-state index contributed by atoms with van der Waals surface area (Å²) >= 11 is 0. The van der Waals surface area contributed by atoms with Gasteiger partial charge in [0.25, 0.3) is 0 Å². The Balaban J connectivity index is 1.85. The molecule has 1 N–H and O–H groups in total. The van der Waals surface area contributed by atoms with Crippen LogP contribution in [0.1, 0.15) is 45.4 Å². The summed E-state index contributed by atoms with van der Waals surface area (Å²) in [5.74, 6) is -0.130. The van der Waals surface area contributed by atoms with Gasteiger partial charge in [-0.2, -0.15) is 0 Å². The van der Waals surface area contributed by atoms with Gasteiger partial charge in [-0.1, -0.05) is 32.6 Å². The van der Waals surface area contributed by atoms with E-state index in [1.165, 1.54) is 32.1 Å². The van der Waals surface area contributed by atoms with Crippen LogP contribution < -0.4 is 14.8 Å². The monoisotopic (exact) mass is 437 g/mol. The molecule has 0 unspecified atom stereocenters. The van der Waals surface area contributed by atoms with Crippen molar-refractivity contribution in [3.05, 3.63) is 52.7 Å². The van der Waals surface area contributed by atoms with E-state index in [9.17, 15) is 9.90 Å². The Labute approximate surface area is 191 Å². The first-order chi connectivity index (χ1) is 15.2. The molecular formula is C27H37N2O3+. The van der Waals surface area contributed by atoms with Gasteiger partial charge in [-0.3, -0.25) is 9.28 Å². The molecule has 32 heavy (non-hydrogen) atoms. The summed E-state index contributed by atoms with van der Waals surface area (Å²) in [6.45, 7) is 3.24. The van der Waals surface area contributed by atoms with Crippen molar-refractivity contribution in [3.8, 4) is 17.1 Å². The van der Waals surface area contributed by atoms with Crippen LogP contribution in [0, 0.1) is 0 Å². The number of rotatable bonds is 10. The van der Waals surface area contributed by atoms with Gasteiger partial charge in [0.15, 0.2) is 5.76 Å². The van der Waals surface area contributed by atoms with E-state index in [-0.39, 0.29) is 16.9 Å². The van der Waals surface area contributed by atoms with Gasteiger partial charge in [0, 0.05) is 37.5 Å². The number of aromatic hydroxyl groups is 1. The smallest absolute Gasteiger partial charge is 0.235 e.